The lowest BCUT2D eigenvalue weighted by Crippen LogP contribution is -2.38. The summed E-state index contributed by atoms with van der Waals surface area (Å²) in [7, 11) is 0. The van der Waals surface area contributed by atoms with Gasteiger partial charge in [0.1, 0.15) is 11.2 Å². The Morgan fingerprint density at radius 3 is 2.54 bits per heavy atom. The van der Waals surface area contributed by atoms with Gasteiger partial charge >= 0.3 is 0 Å². The molecule has 1 aliphatic heterocycles. The van der Waals surface area contributed by atoms with E-state index in [1.165, 1.54) is 21.8 Å². The summed E-state index contributed by atoms with van der Waals surface area (Å²) in [6, 6.07) is 8.41. The van der Waals surface area contributed by atoms with Crippen LogP contribution >= 0.6 is 23.1 Å². The lowest BCUT2D eigenvalue weighted by atomic mass is 9.72. The quantitative estimate of drug-likeness (QED) is 0.672. The molecule has 1 aromatic heterocycles. The van der Waals surface area contributed by atoms with Crippen molar-refractivity contribution in [2.24, 2.45) is 11.3 Å². The predicted molar refractivity (Wildman–Crippen MR) is 111 cm³/mol. The first-order chi connectivity index (χ1) is 12.4. The fourth-order valence-corrected chi connectivity index (χ4v) is 5.76. The molecule has 0 radical (unpaired) electrons. The van der Waals surface area contributed by atoms with Gasteiger partial charge in [-0.15, -0.1) is 23.1 Å². The van der Waals surface area contributed by atoms with Crippen molar-refractivity contribution in [3.63, 3.8) is 0 Å². The van der Waals surface area contributed by atoms with Crippen LogP contribution in [-0.4, -0.2) is 12.2 Å². The van der Waals surface area contributed by atoms with Crippen LogP contribution in [0.5, 0.6) is 0 Å². The van der Waals surface area contributed by atoms with Crippen molar-refractivity contribution in [1.29, 1.82) is 0 Å². The zero-order valence-electron chi connectivity index (χ0n) is 15.8. The maximum atomic E-state index is 12.9. The van der Waals surface area contributed by atoms with Gasteiger partial charge in [-0.3, -0.25) is 4.79 Å². The number of rotatable bonds is 2. The second kappa shape index (κ2) is 6.61. The SMILES string of the molecule is CSc1ccc([C@H]2NC(=O)c3c(sc4c3CC[C@H](C(C)(C)C)C4)N2)cc1. The largest absolute Gasteiger partial charge is 0.353 e. The molecule has 1 aromatic carbocycles. The van der Waals surface area contributed by atoms with Crippen LogP contribution in [0, 0.1) is 11.3 Å². The molecule has 0 bridgehead atoms. The summed E-state index contributed by atoms with van der Waals surface area (Å²) in [6.45, 7) is 6.99. The minimum atomic E-state index is -0.149. The maximum absolute atomic E-state index is 12.9. The van der Waals surface area contributed by atoms with Gasteiger partial charge in [-0.25, -0.2) is 0 Å². The van der Waals surface area contributed by atoms with Crippen molar-refractivity contribution < 1.29 is 4.79 Å². The molecule has 2 N–H and O–H groups in total. The second-order valence-electron chi connectivity index (χ2n) is 8.34. The van der Waals surface area contributed by atoms with E-state index < -0.39 is 0 Å². The number of amides is 1. The highest BCUT2D eigenvalue weighted by atomic mass is 32.2. The van der Waals surface area contributed by atoms with Gasteiger partial charge in [-0.05, 0) is 60.1 Å². The normalized spacial score (nSPS) is 22.2. The highest BCUT2D eigenvalue weighted by molar-refractivity contribution is 7.98. The van der Waals surface area contributed by atoms with Crippen LogP contribution in [0.4, 0.5) is 5.00 Å². The maximum Gasteiger partial charge on any atom is 0.256 e. The van der Waals surface area contributed by atoms with E-state index in [0.29, 0.717) is 11.3 Å². The number of benzene rings is 1. The average molecular weight is 387 g/mol. The van der Waals surface area contributed by atoms with Crippen molar-refractivity contribution in [3.8, 4) is 0 Å². The molecular formula is C21H26N2OS2. The van der Waals surface area contributed by atoms with Crippen LogP contribution < -0.4 is 10.6 Å². The van der Waals surface area contributed by atoms with E-state index in [1.54, 1.807) is 23.1 Å². The Bertz CT molecular complexity index is 833. The number of carbonyl (C=O) groups is 1. The Morgan fingerprint density at radius 2 is 1.88 bits per heavy atom. The van der Waals surface area contributed by atoms with Gasteiger partial charge in [-0.2, -0.15) is 0 Å². The summed E-state index contributed by atoms with van der Waals surface area (Å²) in [6.07, 6.45) is 5.21. The van der Waals surface area contributed by atoms with Gasteiger partial charge in [0.25, 0.3) is 5.91 Å². The third-order valence-corrected chi connectivity index (χ3v) is 7.65. The fourth-order valence-electron chi connectivity index (χ4n) is 4.00. The summed E-state index contributed by atoms with van der Waals surface area (Å²) < 4.78 is 0. The van der Waals surface area contributed by atoms with E-state index in [1.807, 2.05) is 0 Å². The number of carbonyl (C=O) groups excluding carboxylic acids is 1. The van der Waals surface area contributed by atoms with Crippen LogP contribution in [0.25, 0.3) is 0 Å². The third-order valence-electron chi connectivity index (χ3n) is 5.72. The molecule has 1 aliphatic carbocycles. The monoisotopic (exact) mass is 386 g/mol. The molecule has 26 heavy (non-hydrogen) atoms. The lowest BCUT2D eigenvalue weighted by Gasteiger charge is -2.34. The van der Waals surface area contributed by atoms with E-state index >= 15 is 0 Å². The van der Waals surface area contributed by atoms with Gasteiger partial charge in [0.2, 0.25) is 0 Å². The van der Waals surface area contributed by atoms with Gasteiger partial charge < -0.3 is 10.6 Å². The predicted octanol–water partition coefficient (Wildman–Crippen LogP) is 5.48. The van der Waals surface area contributed by atoms with Crippen LogP contribution in [0.3, 0.4) is 0 Å². The second-order valence-corrected chi connectivity index (χ2v) is 10.3. The molecule has 0 spiro atoms. The fraction of sp³-hybridized carbons (Fsp3) is 0.476. The minimum absolute atomic E-state index is 0.0735. The molecule has 2 aliphatic rings. The molecule has 4 rings (SSSR count). The molecular weight excluding hydrogens is 360 g/mol. The standard InChI is InChI=1S/C21H26N2OS2/c1-21(2,3)13-7-10-15-16(11-13)26-20-17(15)19(24)22-18(23-20)12-5-8-14(25-4)9-6-12/h5-6,8-9,13,18,23H,7,10-11H2,1-4H3,(H,22,24)/t13-,18-/m0/s1. The van der Waals surface area contributed by atoms with E-state index in [2.05, 4.69) is 61.9 Å². The van der Waals surface area contributed by atoms with Crippen LogP contribution in [0.15, 0.2) is 29.2 Å². The zero-order chi connectivity index (χ0) is 18.5. The Hall–Kier alpha value is -1.46. The molecule has 2 heterocycles. The molecule has 2 atom stereocenters. The Morgan fingerprint density at radius 1 is 1.15 bits per heavy atom. The molecule has 0 fully saturated rings. The average Bonchev–Trinajstić information content (AvgIpc) is 2.99. The van der Waals surface area contributed by atoms with Crippen LogP contribution in [0.2, 0.25) is 0 Å². The summed E-state index contributed by atoms with van der Waals surface area (Å²) >= 11 is 3.52. The Balaban J connectivity index is 1.62. The van der Waals surface area contributed by atoms with Gasteiger partial charge in [0, 0.05) is 9.77 Å². The van der Waals surface area contributed by atoms with E-state index in [4.69, 9.17) is 0 Å². The van der Waals surface area contributed by atoms with Gasteiger partial charge in [-0.1, -0.05) is 32.9 Å². The zero-order valence-corrected chi connectivity index (χ0v) is 17.4. The lowest BCUT2D eigenvalue weighted by molar-refractivity contribution is 0.0935. The molecule has 3 nitrogen and oxygen atoms in total. The summed E-state index contributed by atoms with van der Waals surface area (Å²) in [5, 5.41) is 7.77. The third kappa shape index (κ3) is 3.16. The molecule has 0 unspecified atom stereocenters. The Kier molecular flexibility index (Phi) is 4.56. The van der Waals surface area contributed by atoms with Gasteiger partial charge in [0.05, 0.1) is 5.56 Å². The smallest absolute Gasteiger partial charge is 0.256 e. The number of anilines is 1. The van der Waals surface area contributed by atoms with Crippen LogP contribution in [-0.2, 0) is 12.8 Å². The summed E-state index contributed by atoms with van der Waals surface area (Å²) in [5.41, 5.74) is 3.60. The first-order valence-electron chi connectivity index (χ1n) is 9.22. The molecule has 2 aromatic rings. The summed E-state index contributed by atoms with van der Waals surface area (Å²) in [4.78, 5) is 15.5. The molecule has 1 amide bonds. The molecule has 0 saturated carbocycles. The Labute approximate surface area is 164 Å². The number of fused-ring (bicyclic) bond motifs is 3. The topological polar surface area (TPSA) is 41.1 Å². The minimum Gasteiger partial charge on any atom is -0.353 e. The van der Waals surface area contributed by atoms with Crippen molar-refractivity contribution in [2.75, 3.05) is 11.6 Å². The van der Waals surface area contributed by atoms with Crippen molar-refractivity contribution in [2.45, 2.75) is 51.1 Å². The molecule has 0 saturated heterocycles. The molecule has 5 heteroatoms. The highest BCUT2D eigenvalue weighted by Crippen LogP contribution is 2.46. The summed E-state index contributed by atoms with van der Waals surface area (Å²) in [5.74, 6) is 0.762. The van der Waals surface area contributed by atoms with Crippen molar-refractivity contribution in [1.82, 2.24) is 5.32 Å². The van der Waals surface area contributed by atoms with Gasteiger partial charge in [0.15, 0.2) is 0 Å². The van der Waals surface area contributed by atoms with E-state index in [0.717, 1.165) is 29.0 Å². The number of thioether (sulfide) groups is 1. The van der Waals surface area contributed by atoms with Crippen molar-refractivity contribution in [3.05, 3.63) is 45.8 Å². The highest BCUT2D eigenvalue weighted by Gasteiger charge is 2.36. The van der Waals surface area contributed by atoms with E-state index in [9.17, 15) is 4.79 Å². The number of hydrogen-bond acceptors (Lipinski definition) is 4. The van der Waals surface area contributed by atoms with Crippen LogP contribution in [0.1, 0.15) is 59.7 Å². The first kappa shape index (κ1) is 17.9. The number of thiophene rings is 1. The number of hydrogen-bond donors (Lipinski definition) is 2. The number of nitrogens with one attached hydrogen (secondary N) is 2. The molecule has 138 valence electrons. The van der Waals surface area contributed by atoms with Crippen molar-refractivity contribution >= 4 is 34.0 Å². The van der Waals surface area contributed by atoms with E-state index in [-0.39, 0.29) is 12.1 Å². The first-order valence-corrected chi connectivity index (χ1v) is 11.3.